The zero-order valence-corrected chi connectivity index (χ0v) is 10.1. The first-order valence-corrected chi connectivity index (χ1v) is 6.18. The van der Waals surface area contributed by atoms with E-state index >= 15 is 0 Å². The molecule has 2 aromatic heterocycles. The molecule has 1 aromatic carbocycles. The molecule has 0 fully saturated rings. The number of aliphatic hydroxyl groups is 1. The van der Waals surface area contributed by atoms with Crippen LogP contribution in [0, 0.1) is 0 Å². The van der Waals surface area contributed by atoms with Crippen LogP contribution in [0.15, 0.2) is 41.1 Å². The van der Waals surface area contributed by atoms with E-state index in [1.54, 1.807) is 19.4 Å². The fourth-order valence-electron chi connectivity index (χ4n) is 1.75. The summed E-state index contributed by atoms with van der Waals surface area (Å²) in [5.74, 6) is 0. The number of furan rings is 1. The van der Waals surface area contributed by atoms with E-state index in [0.717, 1.165) is 26.4 Å². The Balaban J connectivity index is 2.14. The van der Waals surface area contributed by atoms with Gasteiger partial charge in [0.2, 0.25) is 0 Å². The zero-order chi connectivity index (χ0) is 11.8. The van der Waals surface area contributed by atoms with Crippen LogP contribution >= 0.6 is 11.3 Å². The summed E-state index contributed by atoms with van der Waals surface area (Å²) in [6.07, 6.45) is 2.96. The van der Waals surface area contributed by atoms with Crippen LogP contribution in [0.4, 0.5) is 0 Å². The third-order valence-corrected chi connectivity index (χ3v) is 3.85. The molecule has 0 radical (unpaired) electrons. The van der Waals surface area contributed by atoms with E-state index in [4.69, 9.17) is 4.42 Å². The Morgan fingerprint density at radius 3 is 2.94 bits per heavy atom. The van der Waals surface area contributed by atoms with Gasteiger partial charge in [-0.1, -0.05) is 18.2 Å². The van der Waals surface area contributed by atoms with E-state index < -0.39 is 6.10 Å². The molecule has 0 aliphatic rings. The molecule has 1 atom stereocenters. The molecule has 0 saturated carbocycles. The monoisotopic (exact) mass is 245 g/mol. The molecule has 0 aliphatic carbocycles. The molecule has 0 saturated heterocycles. The maximum Gasteiger partial charge on any atom is 0.134 e. The highest BCUT2D eigenvalue weighted by Gasteiger charge is 2.13. The molecular formula is C13H11NO2S. The van der Waals surface area contributed by atoms with Crippen LogP contribution in [0.25, 0.3) is 21.5 Å². The van der Waals surface area contributed by atoms with Gasteiger partial charge in [0.25, 0.3) is 0 Å². The van der Waals surface area contributed by atoms with Crippen molar-refractivity contribution in [1.82, 2.24) is 4.98 Å². The van der Waals surface area contributed by atoms with Crippen LogP contribution in [-0.2, 0) is 0 Å². The van der Waals surface area contributed by atoms with Crippen LogP contribution < -0.4 is 0 Å². The molecule has 86 valence electrons. The Labute approximate surface area is 102 Å². The van der Waals surface area contributed by atoms with Crippen LogP contribution in [0.3, 0.4) is 0 Å². The SMILES string of the molecule is CC(O)c1cnc(-c2coc3ccccc23)s1. The second kappa shape index (κ2) is 3.98. The summed E-state index contributed by atoms with van der Waals surface area (Å²) < 4.78 is 5.48. The fourth-order valence-corrected chi connectivity index (χ4v) is 2.62. The maximum atomic E-state index is 9.49. The summed E-state index contributed by atoms with van der Waals surface area (Å²) in [5, 5.41) is 11.4. The second-order valence-corrected chi connectivity index (χ2v) is 4.95. The van der Waals surface area contributed by atoms with Gasteiger partial charge in [0, 0.05) is 11.6 Å². The number of hydrogen-bond donors (Lipinski definition) is 1. The number of para-hydroxylation sites is 1. The second-order valence-electron chi connectivity index (χ2n) is 3.89. The van der Waals surface area contributed by atoms with Crippen molar-refractivity contribution in [3.05, 3.63) is 41.6 Å². The molecule has 2 heterocycles. The van der Waals surface area contributed by atoms with Crippen LogP contribution in [-0.4, -0.2) is 10.1 Å². The Hall–Kier alpha value is -1.65. The molecule has 3 nitrogen and oxygen atoms in total. The number of fused-ring (bicyclic) bond motifs is 1. The highest BCUT2D eigenvalue weighted by atomic mass is 32.1. The van der Waals surface area contributed by atoms with Gasteiger partial charge in [0.15, 0.2) is 0 Å². The number of hydrogen-bond acceptors (Lipinski definition) is 4. The first-order chi connectivity index (χ1) is 8.25. The molecule has 1 unspecified atom stereocenters. The average molecular weight is 245 g/mol. The van der Waals surface area contributed by atoms with Gasteiger partial charge in [0.1, 0.15) is 16.9 Å². The van der Waals surface area contributed by atoms with Crippen molar-refractivity contribution in [3.8, 4) is 10.6 Å². The zero-order valence-electron chi connectivity index (χ0n) is 9.25. The van der Waals surface area contributed by atoms with Crippen molar-refractivity contribution in [2.45, 2.75) is 13.0 Å². The van der Waals surface area contributed by atoms with Crippen molar-refractivity contribution in [2.75, 3.05) is 0 Å². The number of rotatable bonds is 2. The minimum atomic E-state index is -0.473. The number of aliphatic hydroxyl groups excluding tert-OH is 1. The average Bonchev–Trinajstić information content (AvgIpc) is 2.95. The third-order valence-electron chi connectivity index (χ3n) is 2.65. The molecule has 4 heteroatoms. The van der Waals surface area contributed by atoms with Crippen molar-refractivity contribution in [2.24, 2.45) is 0 Å². The van der Waals surface area contributed by atoms with Crippen molar-refractivity contribution in [1.29, 1.82) is 0 Å². The molecule has 3 rings (SSSR count). The number of nitrogens with zero attached hydrogens (tertiary/aromatic N) is 1. The molecule has 0 spiro atoms. The lowest BCUT2D eigenvalue weighted by Crippen LogP contribution is -1.83. The van der Waals surface area contributed by atoms with E-state index in [1.165, 1.54) is 11.3 Å². The molecule has 0 aliphatic heterocycles. The predicted molar refractivity (Wildman–Crippen MR) is 68.0 cm³/mol. The van der Waals surface area contributed by atoms with Crippen LogP contribution in [0.1, 0.15) is 17.9 Å². The van der Waals surface area contributed by atoms with Crippen molar-refractivity contribution in [3.63, 3.8) is 0 Å². The van der Waals surface area contributed by atoms with Gasteiger partial charge < -0.3 is 9.52 Å². The maximum absolute atomic E-state index is 9.49. The van der Waals surface area contributed by atoms with Gasteiger partial charge >= 0.3 is 0 Å². The van der Waals surface area contributed by atoms with Crippen LogP contribution in [0.2, 0.25) is 0 Å². The minimum Gasteiger partial charge on any atom is -0.464 e. The standard InChI is InChI=1S/C13H11NO2S/c1-8(15)12-6-14-13(17-12)10-7-16-11-5-3-2-4-9(10)11/h2-8,15H,1H3. The number of aromatic nitrogens is 1. The summed E-state index contributed by atoms with van der Waals surface area (Å²) in [6, 6.07) is 7.86. The molecule has 0 bridgehead atoms. The Morgan fingerprint density at radius 2 is 2.18 bits per heavy atom. The Morgan fingerprint density at radius 1 is 1.35 bits per heavy atom. The van der Waals surface area contributed by atoms with Gasteiger partial charge in [-0.05, 0) is 13.0 Å². The molecular weight excluding hydrogens is 234 g/mol. The summed E-state index contributed by atoms with van der Waals surface area (Å²) in [4.78, 5) is 5.19. The van der Waals surface area contributed by atoms with Crippen molar-refractivity contribution >= 4 is 22.3 Å². The predicted octanol–water partition coefficient (Wildman–Crippen LogP) is 3.61. The van der Waals surface area contributed by atoms with Crippen molar-refractivity contribution < 1.29 is 9.52 Å². The summed E-state index contributed by atoms with van der Waals surface area (Å²) in [6.45, 7) is 1.74. The highest BCUT2D eigenvalue weighted by molar-refractivity contribution is 7.15. The molecule has 3 aromatic rings. The topological polar surface area (TPSA) is 46.3 Å². The lowest BCUT2D eigenvalue weighted by Gasteiger charge is -1.95. The van der Waals surface area contributed by atoms with Gasteiger partial charge in [-0.15, -0.1) is 11.3 Å². The minimum absolute atomic E-state index is 0.473. The van der Waals surface area contributed by atoms with Crippen LogP contribution in [0.5, 0.6) is 0 Å². The van der Waals surface area contributed by atoms with Gasteiger partial charge in [0.05, 0.1) is 16.5 Å². The van der Waals surface area contributed by atoms with Gasteiger partial charge in [-0.25, -0.2) is 4.98 Å². The van der Waals surface area contributed by atoms with E-state index in [2.05, 4.69) is 4.98 Å². The van der Waals surface area contributed by atoms with E-state index in [-0.39, 0.29) is 0 Å². The summed E-state index contributed by atoms with van der Waals surface area (Å²) in [7, 11) is 0. The van der Waals surface area contributed by atoms with E-state index in [9.17, 15) is 5.11 Å². The van der Waals surface area contributed by atoms with Gasteiger partial charge in [-0.2, -0.15) is 0 Å². The number of thiazole rings is 1. The molecule has 17 heavy (non-hydrogen) atoms. The normalized spacial score (nSPS) is 13.1. The number of benzene rings is 1. The largest absolute Gasteiger partial charge is 0.464 e. The molecule has 0 amide bonds. The fraction of sp³-hybridized carbons (Fsp3) is 0.154. The lowest BCUT2D eigenvalue weighted by atomic mass is 10.2. The third kappa shape index (κ3) is 1.75. The first-order valence-electron chi connectivity index (χ1n) is 5.36. The smallest absolute Gasteiger partial charge is 0.134 e. The Bertz CT molecular complexity index is 654. The molecule has 1 N–H and O–H groups in total. The van der Waals surface area contributed by atoms with Gasteiger partial charge in [-0.3, -0.25) is 0 Å². The summed E-state index contributed by atoms with van der Waals surface area (Å²) in [5.41, 5.74) is 1.84. The first kappa shape index (κ1) is 10.5. The summed E-state index contributed by atoms with van der Waals surface area (Å²) >= 11 is 1.49. The van der Waals surface area contributed by atoms with E-state index in [0.29, 0.717) is 0 Å². The van der Waals surface area contributed by atoms with E-state index in [1.807, 2.05) is 24.3 Å². The Kier molecular flexibility index (Phi) is 2.46. The highest BCUT2D eigenvalue weighted by Crippen LogP contribution is 2.34. The lowest BCUT2D eigenvalue weighted by molar-refractivity contribution is 0.203. The quantitative estimate of drug-likeness (QED) is 0.750.